The normalized spacial score (nSPS) is 19.1. The number of hydrazone groups is 1. The van der Waals surface area contributed by atoms with Crippen LogP contribution in [-0.2, 0) is 0 Å². The van der Waals surface area contributed by atoms with Crippen LogP contribution in [0.3, 0.4) is 0 Å². The highest BCUT2D eigenvalue weighted by molar-refractivity contribution is 6.02. The molecule has 3 aromatic rings. The molecule has 5 rings (SSSR count). The molecule has 0 bridgehead atoms. The van der Waals surface area contributed by atoms with Crippen molar-refractivity contribution in [2.24, 2.45) is 5.10 Å². The minimum absolute atomic E-state index is 0.0722. The van der Waals surface area contributed by atoms with E-state index in [4.69, 9.17) is 24.0 Å². The number of ether oxygens (including phenoxy) is 4. The van der Waals surface area contributed by atoms with Gasteiger partial charge in [-0.3, -0.25) is 0 Å². The molecule has 31 heavy (non-hydrogen) atoms. The van der Waals surface area contributed by atoms with Gasteiger partial charge in [-0.2, -0.15) is 5.10 Å². The third kappa shape index (κ3) is 3.24. The van der Waals surface area contributed by atoms with E-state index in [2.05, 4.69) is 6.07 Å². The Morgan fingerprint density at radius 3 is 2.29 bits per heavy atom. The molecule has 2 aliphatic heterocycles. The Morgan fingerprint density at radius 2 is 1.52 bits per heavy atom. The number of rotatable bonds is 5. The average molecular weight is 416 g/mol. The Hall–Kier alpha value is -3.67. The van der Waals surface area contributed by atoms with Gasteiger partial charge in [0.05, 0.1) is 38.6 Å². The highest BCUT2D eigenvalue weighted by Gasteiger charge is 2.41. The van der Waals surface area contributed by atoms with Gasteiger partial charge in [0, 0.05) is 17.5 Å². The van der Waals surface area contributed by atoms with Crippen LogP contribution in [-0.4, -0.2) is 32.0 Å². The van der Waals surface area contributed by atoms with E-state index in [9.17, 15) is 0 Å². The third-order valence-corrected chi connectivity index (χ3v) is 5.82. The van der Waals surface area contributed by atoms with E-state index in [0.717, 1.165) is 40.3 Å². The zero-order chi connectivity index (χ0) is 21.4. The van der Waals surface area contributed by atoms with E-state index in [1.165, 1.54) is 0 Å². The molecular formula is C25H24N2O4. The van der Waals surface area contributed by atoms with Crippen LogP contribution in [0.15, 0.2) is 71.8 Å². The van der Waals surface area contributed by atoms with Crippen molar-refractivity contribution < 1.29 is 18.9 Å². The lowest BCUT2D eigenvalue weighted by atomic mass is 9.95. The van der Waals surface area contributed by atoms with E-state index in [1.807, 2.05) is 65.7 Å². The number of methoxy groups -OCH3 is 3. The van der Waals surface area contributed by atoms with Gasteiger partial charge in [-0.1, -0.05) is 30.3 Å². The molecule has 3 aromatic carbocycles. The smallest absolute Gasteiger partial charge is 0.217 e. The zero-order valence-corrected chi connectivity index (χ0v) is 17.7. The molecule has 158 valence electrons. The molecule has 6 nitrogen and oxygen atoms in total. The molecular weight excluding hydrogens is 392 g/mol. The van der Waals surface area contributed by atoms with Crippen LogP contribution in [0.4, 0.5) is 0 Å². The maximum Gasteiger partial charge on any atom is 0.217 e. The highest BCUT2D eigenvalue weighted by Crippen LogP contribution is 2.49. The molecule has 6 heteroatoms. The highest BCUT2D eigenvalue weighted by atomic mass is 16.5. The van der Waals surface area contributed by atoms with E-state index < -0.39 is 0 Å². The SMILES string of the molecule is COc1ccc(C2=NN3[C@H](C2)c2ccccc2O[C@@H]3c2ccccc2OC)cc1OC. The van der Waals surface area contributed by atoms with Crippen molar-refractivity contribution in [1.29, 1.82) is 0 Å². The van der Waals surface area contributed by atoms with Crippen LogP contribution in [0.2, 0.25) is 0 Å². The second-order valence-corrected chi connectivity index (χ2v) is 7.47. The van der Waals surface area contributed by atoms with Crippen LogP contribution in [0.1, 0.15) is 35.4 Å². The molecule has 0 amide bonds. The summed E-state index contributed by atoms with van der Waals surface area (Å²) in [6, 6.07) is 22.1. The predicted octanol–water partition coefficient (Wildman–Crippen LogP) is 4.95. The van der Waals surface area contributed by atoms with E-state index in [1.54, 1.807) is 21.3 Å². The maximum atomic E-state index is 6.43. The van der Waals surface area contributed by atoms with Gasteiger partial charge in [0.25, 0.3) is 0 Å². The van der Waals surface area contributed by atoms with Crippen LogP contribution >= 0.6 is 0 Å². The molecule has 0 spiro atoms. The number of hydrogen-bond acceptors (Lipinski definition) is 6. The fourth-order valence-electron chi connectivity index (χ4n) is 4.30. The first-order chi connectivity index (χ1) is 15.2. The number of para-hydroxylation sites is 2. The molecule has 2 atom stereocenters. The molecule has 0 fully saturated rings. The lowest BCUT2D eigenvalue weighted by molar-refractivity contribution is -0.0203. The Kier molecular flexibility index (Phi) is 4.90. The first-order valence-corrected chi connectivity index (χ1v) is 10.2. The van der Waals surface area contributed by atoms with Crippen molar-refractivity contribution in [3.8, 4) is 23.0 Å². The zero-order valence-electron chi connectivity index (χ0n) is 17.7. The van der Waals surface area contributed by atoms with Gasteiger partial charge in [0.15, 0.2) is 11.5 Å². The van der Waals surface area contributed by atoms with E-state index in [-0.39, 0.29) is 12.3 Å². The topological polar surface area (TPSA) is 52.5 Å². The Bertz CT molecular complexity index is 1140. The van der Waals surface area contributed by atoms with Gasteiger partial charge < -0.3 is 18.9 Å². The molecule has 0 radical (unpaired) electrons. The largest absolute Gasteiger partial charge is 0.496 e. The molecule has 0 aromatic heterocycles. The van der Waals surface area contributed by atoms with E-state index >= 15 is 0 Å². The second-order valence-electron chi connectivity index (χ2n) is 7.47. The summed E-state index contributed by atoms with van der Waals surface area (Å²) in [5.74, 6) is 3.04. The fourth-order valence-corrected chi connectivity index (χ4v) is 4.30. The van der Waals surface area contributed by atoms with Gasteiger partial charge in [0.1, 0.15) is 11.5 Å². The van der Waals surface area contributed by atoms with Gasteiger partial charge >= 0.3 is 0 Å². The Labute approximate surface area is 181 Å². The Morgan fingerprint density at radius 1 is 0.806 bits per heavy atom. The van der Waals surface area contributed by atoms with E-state index in [0.29, 0.717) is 11.5 Å². The maximum absolute atomic E-state index is 6.43. The number of hydrogen-bond donors (Lipinski definition) is 0. The van der Waals surface area contributed by atoms with Gasteiger partial charge in [-0.25, -0.2) is 5.01 Å². The fraction of sp³-hybridized carbons (Fsp3) is 0.240. The summed E-state index contributed by atoms with van der Waals surface area (Å²) in [6.45, 7) is 0. The summed E-state index contributed by atoms with van der Waals surface area (Å²) in [5.41, 5.74) is 4.06. The Balaban J connectivity index is 1.59. The summed E-state index contributed by atoms with van der Waals surface area (Å²) < 4.78 is 22.9. The lowest BCUT2D eigenvalue weighted by Gasteiger charge is -2.38. The summed E-state index contributed by atoms with van der Waals surface area (Å²) in [6.07, 6.45) is 0.385. The van der Waals surface area contributed by atoms with Crippen molar-refractivity contribution in [2.75, 3.05) is 21.3 Å². The summed E-state index contributed by atoms with van der Waals surface area (Å²) in [7, 11) is 4.95. The monoisotopic (exact) mass is 416 g/mol. The summed E-state index contributed by atoms with van der Waals surface area (Å²) in [5, 5.41) is 7.06. The van der Waals surface area contributed by atoms with Crippen molar-refractivity contribution >= 4 is 5.71 Å². The van der Waals surface area contributed by atoms with Crippen molar-refractivity contribution in [1.82, 2.24) is 5.01 Å². The molecule has 0 aliphatic carbocycles. The third-order valence-electron chi connectivity index (χ3n) is 5.82. The molecule has 0 saturated carbocycles. The van der Waals surface area contributed by atoms with Gasteiger partial charge in [-0.05, 0) is 36.4 Å². The van der Waals surface area contributed by atoms with Crippen LogP contribution in [0, 0.1) is 0 Å². The molecule has 2 heterocycles. The van der Waals surface area contributed by atoms with Crippen molar-refractivity contribution in [3.63, 3.8) is 0 Å². The number of benzene rings is 3. The van der Waals surface area contributed by atoms with Gasteiger partial charge in [-0.15, -0.1) is 0 Å². The predicted molar refractivity (Wildman–Crippen MR) is 118 cm³/mol. The van der Waals surface area contributed by atoms with Crippen molar-refractivity contribution in [2.45, 2.75) is 18.7 Å². The minimum Gasteiger partial charge on any atom is -0.496 e. The first-order valence-electron chi connectivity index (χ1n) is 10.2. The summed E-state index contributed by atoms with van der Waals surface area (Å²) >= 11 is 0. The number of nitrogens with zero attached hydrogens (tertiary/aromatic N) is 2. The minimum atomic E-state index is -0.381. The summed E-state index contributed by atoms with van der Waals surface area (Å²) in [4.78, 5) is 0. The van der Waals surface area contributed by atoms with Gasteiger partial charge in [0.2, 0.25) is 6.23 Å². The van der Waals surface area contributed by atoms with Crippen molar-refractivity contribution in [3.05, 3.63) is 83.4 Å². The standard InChI is InChI=1S/C25H24N2O4/c1-28-21-10-6-5-9-18(21)25-27-20(17-8-4-7-11-22(17)31-25)15-19(26-27)16-12-13-23(29-2)24(14-16)30-3/h4-14,20,25H,15H2,1-3H3/t20-,25-/m1/s1. The second kappa shape index (κ2) is 7.87. The number of fused-ring (bicyclic) bond motifs is 3. The molecule has 2 aliphatic rings. The molecule has 0 unspecified atom stereocenters. The molecule has 0 saturated heterocycles. The quantitative estimate of drug-likeness (QED) is 0.589. The van der Waals surface area contributed by atoms with Crippen LogP contribution in [0.5, 0.6) is 23.0 Å². The lowest BCUT2D eigenvalue weighted by Crippen LogP contribution is -2.33. The van der Waals surface area contributed by atoms with Crippen LogP contribution in [0.25, 0.3) is 0 Å². The first kappa shape index (κ1) is 19.3. The average Bonchev–Trinajstić information content (AvgIpc) is 3.29. The van der Waals surface area contributed by atoms with Crippen LogP contribution < -0.4 is 18.9 Å². The molecule has 0 N–H and O–H groups in total.